The molecule has 5 aromatic carbocycles. The molecule has 9 rings (SSSR count). The maximum absolute atomic E-state index is 5.58. The highest BCUT2D eigenvalue weighted by Gasteiger charge is 2.42. The van der Waals surface area contributed by atoms with Gasteiger partial charge in [0.2, 0.25) is 5.95 Å². The van der Waals surface area contributed by atoms with Crippen molar-refractivity contribution in [3.05, 3.63) is 126 Å². The molecule has 0 radical (unpaired) electrons. The van der Waals surface area contributed by atoms with Crippen molar-refractivity contribution in [2.75, 3.05) is 0 Å². The second kappa shape index (κ2) is 8.39. The van der Waals surface area contributed by atoms with Gasteiger partial charge in [0.1, 0.15) is 8.07 Å². The molecule has 3 heterocycles. The molecule has 0 atom stereocenters. The van der Waals surface area contributed by atoms with Gasteiger partial charge in [-0.05, 0) is 33.5 Å². The third-order valence-corrected chi connectivity index (χ3v) is 13.3. The van der Waals surface area contributed by atoms with Crippen LogP contribution in [0.2, 0.25) is 13.1 Å². The third-order valence-electron chi connectivity index (χ3n) is 9.99. The predicted molar refractivity (Wildman–Crippen MR) is 182 cm³/mol. The van der Waals surface area contributed by atoms with Crippen LogP contribution in [0, 0.1) is 0 Å². The van der Waals surface area contributed by atoms with Crippen molar-refractivity contribution < 1.29 is 0 Å². The van der Waals surface area contributed by atoms with E-state index in [0.29, 0.717) is 0 Å². The normalized spacial score (nSPS) is 15.3. The molecular formula is C39H31N3Si. The Labute approximate surface area is 252 Å². The summed E-state index contributed by atoms with van der Waals surface area (Å²) in [5.41, 5.74) is 12.2. The fourth-order valence-electron chi connectivity index (χ4n) is 7.88. The highest BCUT2D eigenvalue weighted by Crippen LogP contribution is 2.52. The van der Waals surface area contributed by atoms with Crippen LogP contribution in [0.25, 0.3) is 61.3 Å². The topological polar surface area (TPSA) is 30.7 Å². The van der Waals surface area contributed by atoms with E-state index in [-0.39, 0.29) is 5.41 Å². The van der Waals surface area contributed by atoms with Gasteiger partial charge in [-0.1, -0.05) is 136 Å². The first-order valence-corrected chi connectivity index (χ1v) is 18.1. The fraction of sp³-hybridized carbons (Fsp3) is 0.128. The van der Waals surface area contributed by atoms with E-state index < -0.39 is 8.07 Å². The molecule has 0 unspecified atom stereocenters. The van der Waals surface area contributed by atoms with Crippen LogP contribution in [0.4, 0.5) is 0 Å². The molecule has 0 fully saturated rings. The quantitative estimate of drug-likeness (QED) is 0.196. The van der Waals surface area contributed by atoms with Gasteiger partial charge in [0.25, 0.3) is 0 Å². The molecule has 43 heavy (non-hydrogen) atoms. The van der Waals surface area contributed by atoms with E-state index >= 15 is 0 Å². The lowest BCUT2D eigenvalue weighted by molar-refractivity contribution is 0.661. The molecule has 0 amide bonds. The standard InChI is InChI=1S/C39H31N3Si/c1-39(2)29-19-11-8-17-27(29)33-30(39)23-22-26-25-16-9-12-20-31(25)42(36(26)33)38-40-35(24-14-6-5-7-15-24)34-28-18-10-13-21-32(28)43(3,4)37(34)41-38/h5-23H,1-4H3. The summed E-state index contributed by atoms with van der Waals surface area (Å²) in [5.74, 6) is 0.757. The highest BCUT2D eigenvalue weighted by atomic mass is 28.3. The van der Waals surface area contributed by atoms with Crippen molar-refractivity contribution in [1.29, 1.82) is 0 Å². The van der Waals surface area contributed by atoms with Crippen LogP contribution in [0.1, 0.15) is 25.0 Å². The van der Waals surface area contributed by atoms with Crippen LogP contribution >= 0.6 is 0 Å². The van der Waals surface area contributed by atoms with Gasteiger partial charge in [0, 0.05) is 38.2 Å². The van der Waals surface area contributed by atoms with Crippen LogP contribution in [-0.2, 0) is 5.41 Å². The zero-order valence-corrected chi connectivity index (χ0v) is 25.8. The van der Waals surface area contributed by atoms with Gasteiger partial charge in [-0.25, -0.2) is 9.97 Å². The summed E-state index contributed by atoms with van der Waals surface area (Å²) in [7, 11) is -2.09. The molecule has 0 saturated carbocycles. The molecule has 7 aromatic rings. The molecule has 1 aliphatic carbocycles. The Kier molecular flexibility index (Phi) is 4.83. The van der Waals surface area contributed by atoms with Gasteiger partial charge in [0.15, 0.2) is 0 Å². The number of nitrogens with zero attached hydrogens (tertiary/aromatic N) is 3. The van der Waals surface area contributed by atoms with E-state index in [1.54, 1.807) is 0 Å². The van der Waals surface area contributed by atoms with Gasteiger partial charge >= 0.3 is 0 Å². The lowest BCUT2D eigenvalue weighted by Crippen LogP contribution is -2.51. The monoisotopic (exact) mass is 569 g/mol. The molecule has 0 N–H and O–H groups in total. The number of benzene rings is 5. The second-order valence-corrected chi connectivity index (χ2v) is 17.3. The maximum Gasteiger partial charge on any atom is 0.235 e. The first kappa shape index (κ1) is 24.8. The second-order valence-electron chi connectivity index (χ2n) is 13.0. The molecule has 2 aliphatic rings. The van der Waals surface area contributed by atoms with Gasteiger partial charge in [-0.2, -0.15) is 0 Å². The lowest BCUT2D eigenvalue weighted by Gasteiger charge is -2.21. The Hall–Kier alpha value is -4.80. The largest absolute Gasteiger partial charge is 0.277 e. The van der Waals surface area contributed by atoms with Crippen LogP contribution in [0.5, 0.6) is 0 Å². The Bertz CT molecular complexity index is 2290. The van der Waals surface area contributed by atoms with Crippen LogP contribution in [0.3, 0.4) is 0 Å². The third kappa shape index (κ3) is 3.14. The molecule has 0 saturated heterocycles. The zero-order valence-electron chi connectivity index (χ0n) is 24.8. The van der Waals surface area contributed by atoms with Crippen molar-refractivity contribution in [2.45, 2.75) is 32.4 Å². The molecule has 1 aliphatic heterocycles. The first-order chi connectivity index (χ1) is 20.9. The van der Waals surface area contributed by atoms with Crippen molar-refractivity contribution in [2.24, 2.45) is 0 Å². The number of aromatic nitrogens is 3. The Morgan fingerprint density at radius 3 is 2.14 bits per heavy atom. The van der Waals surface area contributed by atoms with Crippen molar-refractivity contribution in [3.63, 3.8) is 0 Å². The molecular weight excluding hydrogens is 539 g/mol. The Balaban J connectivity index is 1.46. The maximum atomic E-state index is 5.58. The number of fused-ring (bicyclic) bond motifs is 10. The first-order valence-electron chi connectivity index (χ1n) is 15.1. The highest BCUT2D eigenvalue weighted by molar-refractivity contribution is 7.03. The summed E-state index contributed by atoms with van der Waals surface area (Å²) in [4.78, 5) is 11.1. The predicted octanol–water partition coefficient (Wildman–Crippen LogP) is 8.35. The number of rotatable bonds is 2. The molecule has 206 valence electrons. The number of hydrogen-bond acceptors (Lipinski definition) is 2. The van der Waals surface area contributed by atoms with Gasteiger partial charge in [0.05, 0.1) is 16.7 Å². The molecule has 2 aromatic heterocycles. The summed E-state index contributed by atoms with van der Waals surface area (Å²) >= 11 is 0. The summed E-state index contributed by atoms with van der Waals surface area (Å²) in [5, 5.41) is 5.13. The smallest absolute Gasteiger partial charge is 0.235 e. The van der Waals surface area contributed by atoms with E-state index in [1.165, 1.54) is 60.2 Å². The van der Waals surface area contributed by atoms with E-state index in [4.69, 9.17) is 9.97 Å². The van der Waals surface area contributed by atoms with Crippen LogP contribution < -0.4 is 10.5 Å². The molecule has 4 heteroatoms. The minimum Gasteiger partial charge on any atom is -0.277 e. The average Bonchev–Trinajstić information content (AvgIpc) is 3.58. The van der Waals surface area contributed by atoms with E-state index in [9.17, 15) is 0 Å². The lowest BCUT2D eigenvalue weighted by atomic mass is 9.82. The Morgan fingerprint density at radius 2 is 1.30 bits per heavy atom. The summed E-state index contributed by atoms with van der Waals surface area (Å²) in [6.45, 7) is 9.57. The van der Waals surface area contributed by atoms with Crippen LogP contribution in [0.15, 0.2) is 115 Å². The van der Waals surface area contributed by atoms with Crippen molar-refractivity contribution in [1.82, 2.24) is 14.5 Å². The van der Waals surface area contributed by atoms with E-state index in [0.717, 1.165) is 22.7 Å². The van der Waals surface area contributed by atoms with Gasteiger partial charge in [-0.3, -0.25) is 4.57 Å². The molecule has 3 nitrogen and oxygen atoms in total. The van der Waals surface area contributed by atoms with Gasteiger partial charge in [-0.15, -0.1) is 0 Å². The van der Waals surface area contributed by atoms with E-state index in [2.05, 4.69) is 147 Å². The fourth-order valence-corrected chi connectivity index (χ4v) is 10.8. The van der Waals surface area contributed by atoms with Crippen molar-refractivity contribution in [3.8, 4) is 39.5 Å². The molecule has 0 bridgehead atoms. The average molecular weight is 570 g/mol. The zero-order chi connectivity index (χ0) is 29.1. The number of para-hydroxylation sites is 1. The Morgan fingerprint density at radius 1 is 0.605 bits per heavy atom. The van der Waals surface area contributed by atoms with Crippen LogP contribution in [-0.4, -0.2) is 22.6 Å². The minimum absolute atomic E-state index is 0.0913. The van der Waals surface area contributed by atoms with Gasteiger partial charge < -0.3 is 0 Å². The van der Waals surface area contributed by atoms with Crippen molar-refractivity contribution >= 4 is 40.4 Å². The van der Waals surface area contributed by atoms with E-state index in [1.807, 2.05) is 0 Å². The SMILES string of the molecule is CC1(C)c2ccccc2-c2c1ccc1c3ccccc3n(-c3nc(-c4ccccc4)c4c(n3)[Si](C)(C)c3ccccc3-4)c21. The summed E-state index contributed by atoms with van der Waals surface area (Å²) in [6.07, 6.45) is 0. The summed E-state index contributed by atoms with van der Waals surface area (Å²) in [6, 6.07) is 41.9. The minimum atomic E-state index is -2.09. The summed E-state index contributed by atoms with van der Waals surface area (Å²) < 4.78 is 2.36. The molecule has 0 spiro atoms. The number of hydrogen-bond donors (Lipinski definition) is 0.